The highest BCUT2D eigenvalue weighted by molar-refractivity contribution is 7.92. The summed E-state index contributed by atoms with van der Waals surface area (Å²) in [4.78, 5) is 22.1. The van der Waals surface area contributed by atoms with Gasteiger partial charge in [-0.25, -0.2) is 13.2 Å². The van der Waals surface area contributed by atoms with Crippen LogP contribution in [0.1, 0.15) is 0 Å². The van der Waals surface area contributed by atoms with Crippen LogP contribution in [0.5, 0.6) is 0 Å². The van der Waals surface area contributed by atoms with Crippen molar-refractivity contribution in [3.05, 3.63) is 52.5 Å². The molecule has 0 saturated carbocycles. The molecular formula is C15H14Cl2N4O4S. The lowest BCUT2D eigenvalue weighted by atomic mass is 10.3. The van der Waals surface area contributed by atoms with Crippen LogP contribution in [0.4, 0.5) is 16.2 Å². The second-order valence-electron chi connectivity index (χ2n) is 5.02. The zero-order valence-electron chi connectivity index (χ0n) is 13.1. The largest absolute Gasteiger partial charge is 0.352 e. The Bertz CT molecular complexity index is 933. The Kier molecular flexibility index (Phi) is 6.30. The van der Waals surface area contributed by atoms with Crippen LogP contribution in [0.3, 0.4) is 0 Å². The molecule has 2 aromatic carbocycles. The van der Waals surface area contributed by atoms with Crippen molar-refractivity contribution < 1.29 is 18.0 Å². The van der Waals surface area contributed by atoms with Gasteiger partial charge < -0.3 is 16.4 Å². The number of sulfonamides is 1. The fourth-order valence-electron chi connectivity index (χ4n) is 1.89. The summed E-state index contributed by atoms with van der Waals surface area (Å²) < 4.78 is 27.5. The Labute approximate surface area is 159 Å². The topological polar surface area (TPSA) is 130 Å². The minimum atomic E-state index is -4.01. The van der Waals surface area contributed by atoms with Crippen LogP contribution in [-0.2, 0) is 14.8 Å². The number of nitrogens with one attached hydrogen (secondary N) is 3. The van der Waals surface area contributed by atoms with E-state index in [1.807, 2.05) is 0 Å². The maximum atomic E-state index is 12.5. The van der Waals surface area contributed by atoms with Crippen LogP contribution in [0.25, 0.3) is 0 Å². The normalized spacial score (nSPS) is 10.8. The first kappa shape index (κ1) is 19.8. The Morgan fingerprint density at radius 2 is 1.62 bits per heavy atom. The van der Waals surface area contributed by atoms with Crippen molar-refractivity contribution in [2.45, 2.75) is 4.90 Å². The van der Waals surface area contributed by atoms with E-state index in [2.05, 4.69) is 15.4 Å². The molecule has 26 heavy (non-hydrogen) atoms. The molecule has 11 heteroatoms. The molecule has 2 aromatic rings. The van der Waals surface area contributed by atoms with Crippen LogP contribution in [-0.4, -0.2) is 26.9 Å². The number of benzene rings is 2. The molecule has 0 fully saturated rings. The molecule has 0 aliphatic heterocycles. The van der Waals surface area contributed by atoms with E-state index in [9.17, 15) is 18.0 Å². The number of anilines is 2. The summed E-state index contributed by atoms with van der Waals surface area (Å²) in [5.74, 6) is -0.583. The number of rotatable bonds is 6. The van der Waals surface area contributed by atoms with E-state index in [-0.39, 0.29) is 22.2 Å². The molecule has 0 aromatic heterocycles. The summed E-state index contributed by atoms with van der Waals surface area (Å²) in [5, 5.41) is 4.98. The molecule has 0 saturated heterocycles. The molecule has 5 N–H and O–H groups in total. The molecular weight excluding hydrogens is 403 g/mol. The molecule has 0 aliphatic carbocycles. The first-order chi connectivity index (χ1) is 12.2. The number of nitrogens with two attached hydrogens (primary N) is 1. The first-order valence-electron chi connectivity index (χ1n) is 7.08. The third kappa shape index (κ3) is 5.51. The highest BCUT2D eigenvalue weighted by Gasteiger charge is 2.19. The van der Waals surface area contributed by atoms with Gasteiger partial charge >= 0.3 is 6.03 Å². The van der Waals surface area contributed by atoms with Gasteiger partial charge in [0.2, 0.25) is 5.91 Å². The van der Waals surface area contributed by atoms with E-state index in [1.54, 1.807) is 0 Å². The Hall–Kier alpha value is -2.49. The predicted octanol–water partition coefficient (Wildman–Crippen LogP) is 2.40. The highest BCUT2D eigenvalue weighted by Crippen LogP contribution is 2.27. The Morgan fingerprint density at radius 1 is 1.00 bits per heavy atom. The number of urea groups is 1. The SMILES string of the molecule is NC(=O)NCC(=O)Nc1ccc(Cl)c(S(=O)(=O)Nc2ccc(Cl)cc2)c1. The first-order valence-corrected chi connectivity index (χ1v) is 9.32. The van der Waals surface area contributed by atoms with E-state index in [0.717, 1.165) is 0 Å². The maximum absolute atomic E-state index is 12.5. The minimum Gasteiger partial charge on any atom is -0.352 e. The van der Waals surface area contributed by atoms with Gasteiger partial charge in [0, 0.05) is 16.4 Å². The fourth-order valence-corrected chi connectivity index (χ4v) is 3.60. The van der Waals surface area contributed by atoms with Gasteiger partial charge in [-0.3, -0.25) is 9.52 Å². The summed E-state index contributed by atoms with van der Waals surface area (Å²) in [6.07, 6.45) is 0. The Balaban J connectivity index is 2.21. The maximum Gasteiger partial charge on any atom is 0.312 e. The number of carbonyl (C=O) groups is 2. The minimum absolute atomic E-state index is 0.0280. The average Bonchev–Trinajstić information content (AvgIpc) is 2.56. The number of carbonyl (C=O) groups excluding carboxylic acids is 2. The zero-order chi connectivity index (χ0) is 19.3. The predicted molar refractivity (Wildman–Crippen MR) is 99.9 cm³/mol. The van der Waals surface area contributed by atoms with Gasteiger partial charge in [-0.05, 0) is 42.5 Å². The second-order valence-corrected chi connectivity index (χ2v) is 7.52. The van der Waals surface area contributed by atoms with E-state index < -0.39 is 22.0 Å². The lowest BCUT2D eigenvalue weighted by Crippen LogP contribution is -2.36. The molecule has 0 unspecified atom stereocenters. The Morgan fingerprint density at radius 3 is 2.23 bits per heavy atom. The molecule has 138 valence electrons. The van der Waals surface area contributed by atoms with Gasteiger partial charge in [-0.1, -0.05) is 23.2 Å². The fraction of sp³-hybridized carbons (Fsp3) is 0.0667. The van der Waals surface area contributed by atoms with Crippen molar-refractivity contribution in [1.82, 2.24) is 5.32 Å². The van der Waals surface area contributed by atoms with Crippen LogP contribution in [0.2, 0.25) is 10.0 Å². The quantitative estimate of drug-likeness (QED) is 0.575. The average molecular weight is 417 g/mol. The van der Waals surface area contributed by atoms with Gasteiger partial charge in [-0.2, -0.15) is 0 Å². The van der Waals surface area contributed by atoms with E-state index in [0.29, 0.717) is 10.7 Å². The molecule has 0 atom stereocenters. The van der Waals surface area contributed by atoms with Crippen molar-refractivity contribution in [2.75, 3.05) is 16.6 Å². The zero-order valence-corrected chi connectivity index (χ0v) is 15.5. The number of halogens is 2. The summed E-state index contributed by atoms with van der Waals surface area (Å²) in [5.41, 5.74) is 5.35. The summed E-state index contributed by atoms with van der Waals surface area (Å²) in [6.45, 7) is -0.358. The number of amides is 3. The lowest BCUT2D eigenvalue weighted by molar-refractivity contribution is -0.115. The van der Waals surface area contributed by atoms with Gasteiger partial charge in [0.1, 0.15) is 4.90 Å². The summed E-state index contributed by atoms with van der Waals surface area (Å²) >= 11 is 11.8. The second kappa shape index (κ2) is 8.26. The molecule has 2 rings (SSSR count). The number of hydrogen-bond donors (Lipinski definition) is 4. The molecule has 0 bridgehead atoms. The smallest absolute Gasteiger partial charge is 0.312 e. The van der Waals surface area contributed by atoms with Gasteiger partial charge in [0.25, 0.3) is 10.0 Å². The van der Waals surface area contributed by atoms with Crippen molar-refractivity contribution in [2.24, 2.45) is 5.73 Å². The molecule has 0 spiro atoms. The highest BCUT2D eigenvalue weighted by atomic mass is 35.5. The van der Waals surface area contributed by atoms with Crippen molar-refractivity contribution in [3.8, 4) is 0 Å². The molecule has 0 radical (unpaired) electrons. The lowest BCUT2D eigenvalue weighted by Gasteiger charge is -2.12. The van der Waals surface area contributed by atoms with Crippen molar-refractivity contribution >= 4 is 56.5 Å². The molecule has 8 nitrogen and oxygen atoms in total. The van der Waals surface area contributed by atoms with Gasteiger partial charge in [0.05, 0.1) is 11.6 Å². The van der Waals surface area contributed by atoms with Crippen molar-refractivity contribution in [1.29, 1.82) is 0 Å². The standard InChI is InChI=1S/C15H14Cl2N4O4S/c16-9-1-3-10(4-2-9)21-26(24,25)13-7-11(5-6-12(13)17)20-14(22)8-19-15(18)23/h1-7,21H,8H2,(H,20,22)(H3,18,19,23). The summed E-state index contributed by atoms with van der Waals surface area (Å²) in [6, 6.07) is 9.15. The number of primary amides is 1. The van der Waals surface area contributed by atoms with E-state index >= 15 is 0 Å². The third-order valence-electron chi connectivity index (χ3n) is 3.02. The van der Waals surface area contributed by atoms with E-state index in [4.69, 9.17) is 28.9 Å². The third-order valence-corrected chi connectivity index (χ3v) is 5.14. The van der Waals surface area contributed by atoms with Gasteiger partial charge in [0.15, 0.2) is 0 Å². The van der Waals surface area contributed by atoms with Crippen LogP contribution in [0.15, 0.2) is 47.4 Å². The van der Waals surface area contributed by atoms with Crippen LogP contribution < -0.4 is 21.1 Å². The molecule has 3 amide bonds. The monoisotopic (exact) mass is 416 g/mol. The van der Waals surface area contributed by atoms with Crippen molar-refractivity contribution in [3.63, 3.8) is 0 Å². The molecule has 0 aliphatic rings. The van der Waals surface area contributed by atoms with E-state index in [1.165, 1.54) is 42.5 Å². The summed E-state index contributed by atoms with van der Waals surface area (Å²) in [7, 11) is -4.01. The number of hydrogen-bond acceptors (Lipinski definition) is 4. The van der Waals surface area contributed by atoms with Gasteiger partial charge in [-0.15, -0.1) is 0 Å². The van der Waals surface area contributed by atoms with Crippen LogP contribution >= 0.6 is 23.2 Å². The molecule has 0 heterocycles. The van der Waals surface area contributed by atoms with Crippen LogP contribution in [0, 0.1) is 0 Å².